The molecule has 1 aromatic carbocycles. The Balaban J connectivity index is 1.99. The molecule has 128 valence electrons. The van der Waals surface area contributed by atoms with Crippen LogP contribution in [0.4, 0.5) is 0 Å². The summed E-state index contributed by atoms with van der Waals surface area (Å²) >= 11 is 6.08. The van der Waals surface area contributed by atoms with E-state index in [0.717, 1.165) is 17.7 Å². The predicted molar refractivity (Wildman–Crippen MR) is 93.4 cm³/mol. The van der Waals surface area contributed by atoms with Gasteiger partial charge in [0.25, 0.3) is 0 Å². The Bertz CT molecular complexity index is 509. The van der Waals surface area contributed by atoms with Crippen molar-refractivity contribution in [2.75, 3.05) is 13.7 Å². The summed E-state index contributed by atoms with van der Waals surface area (Å²) in [7, 11) is 1.73. The minimum absolute atomic E-state index is 0.333. The van der Waals surface area contributed by atoms with E-state index in [9.17, 15) is 4.79 Å². The van der Waals surface area contributed by atoms with Crippen molar-refractivity contribution in [3.05, 3.63) is 29.3 Å². The topological polar surface area (TPSA) is 35.5 Å². The van der Waals surface area contributed by atoms with Gasteiger partial charge in [-0.25, -0.2) is 0 Å². The number of hydrogen-bond acceptors (Lipinski definition) is 3. The fourth-order valence-electron chi connectivity index (χ4n) is 3.31. The SMILES string of the molecule is CCOC(=O)C(Cl)CCc1ccc(C2CCCCC2)c(OC)c1. The third kappa shape index (κ3) is 5.13. The first-order valence-corrected chi connectivity index (χ1v) is 9.06. The average Bonchev–Trinajstić information content (AvgIpc) is 2.60. The van der Waals surface area contributed by atoms with E-state index < -0.39 is 5.38 Å². The summed E-state index contributed by atoms with van der Waals surface area (Å²) in [4.78, 5) is 11.6. The molecule has 1 atom stereocenters. The second kappa shape index (κ2) is 9.17. The van der Waals surface area contributed by atoms with Crippen molar-refractivity contribution in [1.29, 1.82) is 0 Å². The fraction of sp³-hybridized carbons (Fsp3) is 0.632. The molecule has 1 aromatic rings. The largest absolute Gasteiger partial charge is 0.496 e. The molecule has 1 unspecified atom stereocenters. The lowest BCUT2D eigenvalue weighted by molar-refractivity contribution is -0.142. The van der Waals surface area contributed by atoms with Crippen molar-refractivity contribution in [2.24, 2.45) is 0 Å². The van der Waals surface area contributed by atoms with Crippen LogP contribution in [0.25, 0.3) is 0 Å². The van der Waals surface area contributed by atoms with Crippen LogP contribution in [-0.4, -0.2) is 25.1 Å². The Hall–Kier alpha value is -1.22. The Kier molecular flexibility index (Phi) is 7.22. The smallest absolute Gasteiger partial charge is 0.324 e. The molecule has 1 aliphatic rings. The van der Waals surface area contributed by atoms with Crippen molar-refractivity contribution < 1.29 is 14.3 Å². The first kappa shape index (κ1) is 18.1. The summed E-state index contributed by atoms with van der Waals surface area (Å²) in [5.41, 5.74) is 2.47. The summed E-state index contributed by atoms with van der Waals surface area (Å²) in [5.74, 6) is 1.25. The Morgan fingerprint density at radius 3 is 2.70 bits per heavy atom. The van der Waals surface area contributed by atoms with Gasteiger partial charge in [0.15, 0.2) is 0 Å². The maximum absolute atomic E-state index is 11.6. The first-order valence-electron chi connectivity index (χ1n) is 8.63. The van der Waals surface area contributed by atoms with Gasteiger partial charge in [-0.3, -0.25) is 4.79 Å². The molecule has 1 saturated carbocycles. The number of methoxy groups -OCH3 is 1. The lowest BCUT2D eigenvalue weighted by Gasteiger charge is -2.24. The molecule has 0 spiro atoms. The highest BCUT2D eigenvalue weighted by molar-refractivity contribution is 6.29. The molecule has 0 N–H and O–H groups in total. The summed E-state index contributed by atoms with van der Waals surface area (Å²) in [5, 5.41) is -0.584. The van der Waals surface area contributed by atoms with Crippen LogP contribution in [-0.2, 0) is 16.0 Å². The Labute approximate surface area is 144 Å². The Morgan fingerprint density at radius 1 is 1.30 bits per heavy atom. The van der Waals surface area contributed by atoms with Gasteiger partial charge in [0.2, 0.25) is 0 Å². The maximum Gasteiger partial charge on any atom is 0.324 e. The third-order valence-corrected chi connectivity index (χ3v) is 4.97. The third-order valence-electron chi connectivity index (χ3n) is 4.57. The van der Waals surface area contributed by atoms with E-state index in [1.54, 1.807) is 14.0 Å². The van der Waals surface area contributed by atoms with Gasteiger partial charge in [-0.15, -0.1) is 11.6 Å². The molecular weight excluding hydrogens is 312 g/mol. The molecule has 0 saturated heterocycles. The molecular formula is C19H27ClO3. The number of carbonyl (C=O) groups excluding carboxylic acids is 1. The van der Waals surface area contributed by atoms with Gasteiger partial charge < -0.3 is 9.47 Å². The normalized spacial score (nSPS) is 16.8. The van der Waals surface area contributed by atoms with Gasteiger partial charge in [-0.2, -0.15) is 0 Å². The highest BCUT2D eigenvalue weighted by Gasteiger charge is 2.20. The first-order chi connectivity index (χ1) is 11.2. The predicted octanol–water partition coefficient (Wildman–Crippen LogP) is 4.85. The number of ether oxygens (including phenoxy) is 2. The van der Waals surface area contributed by atoms with Crippen molar-refractivity contribution >= 4 is 17.6 Å². The average molecular weight is 339 g/mol. The zero-order valence-corrected chi connectivity index (χ0v) is 14.9. The molecule has 0 aromatic heterocycles. The van der Waals surface area contributed by atoms with Crippen LogP contribution in [0.3, 0.4) is 0 Å². The van der Waals surface area contributed by atoms with Crippen molar-refractivity contribution in [3.8, 4) is 5.75 Å². The van der Waals surface area contributed by atoms with E-state index in [-0.39, 0.29) is 5.97 Å². The zero-order chi connectivity index (χ0) is 16.7. The zero-order valence-electron chi connectivity index (χ0n) is 14.1. The van der Waals surface area contributed by atoms with E-state index in [1.165, 1.54) is 37.7 Å². The fourth-order valence-corrected chi connectivity index (χ4v) is 3.48. The number of carbonyl (C=O) groups is 1. The summed E-state index contributed by atoms with van der Waals surface area (Å²) in [6.07, 6.45) is 7.79. The quantitative estimate of drug-likeness (QED) is 0.527. The second-order valence-corrected chi connectivity index (χ2v) is 6.70. The molecule has 4 heteroatoms. The molecule has 0 bridgehead atoms. The van der Waals surface area contributed by atoms with Gasteiger partial charge in [0.1, 0.15) is 11.1 Å². The highest BCUT2D eigenvalue weighted by atomic mass is 35.5. The van der Waals surface area contributed by atoms with Crippen molar-refractivity contribution in [3.63, 3.8) is 0 Å². The summed E-state index contributed by atoms with van der Waals surface area (Å²) in [6.45, 7) is 2.16. The Morgan fingerprint density at radius 2 is 2.04 bits per heavy atom. The van der Waals surface area contributed by atoms with Crippen LogP contribution in [0.15, 0.2) is 18.2 Å². The number of hydrogen-bond donors (Lipinski definition) is 0. The van der Waals surface area contributed by atoms with Gasteiger partial charge in [-0.05, 0) is 55.7 Å². The number of rotatable bonds is 7. The molecule has 3 nitrogen and oxygen atoms in total. The molecule has 2 rings (SSSR count). The van der Waals surface area contributed by atoms with E-state index >= 15 is 0 Å². The number of halogens is 1. The van der Waals surface area contributed by atoms with Crippen LogP contribution in [0, 0.1) is 0 Å². The van der Waals surface area contributed by atoms with Crippen LogP contribution < -0.4 is 4.74 Å². The number of esters is 1. The molecule has 0 aliphatic heterocycles. The van der Waals surface area contributed by atoms with E-state index in [4.69, 9.17) is 21.1 Å². The van der Waals surface area contributed by atoms with Crippen LogP contribution >= 0.6 is 11.6 Å². The summed E-state index contributed by atoms with van der Waals surface area (Å²) in [6, 6.07) is 6.43. The van der Waals surface area contributed by atoms with Crippen LogP contribution in [0.2, 0.25) is 0 Å². The molecule has 0 heterocycles. The maximum atomic E-state index is 11.6. The van der Waals surface area contributed by atoms with Crippen LogP contribution in [0.1, 0.15) is 62.5 Å². The van der Waals surface area contributed by atoms with Crippen molar-refractivity contribution in [1.82, 2.24) is 0 Å². The molecule has 0 radical (unpaired) electrons. The monoisotopic (exact) mass is 338 g/mol. The lowest BCUT2D eigenvalue weighted by Crippen LogP contribution is -2.18. The lowest BCUT2D eigenvalue weighted by atomic mass is 9.83. The number of alkyl halides is 1. The summed E-state index contributed by atoms with van der Waals surface area (Å²) < 4.78 is 10.5. The van der Waals surface area contributed by atoms with Gasteiger partial charge >= 0.3 is 5.97 Å². The van der Waals surface area contributed by atoms with E-state index in [2.05, 4.69) is 18.2 Å². The minimum Gasteiger partial charge on any atom is -0.496 e. The van der Waals surface area contributed by atoms with E-state index in [0.29, 0.717) is 18.9 Å². The van der Waals surface area contributed by atoms with E-state index in [1.807, 2.05) is 0 Å². The number of aryl methyl sites for hydroxylation is 1. The highest BCUT2D eigenvalue weighted by Crippen LogP contribution is 2.37. The molecule has 1 fully saturated rings. The molecule has 23 heavy (non-hydrogen) atoms. The molecule has 1 aliphatic carbocycles. The van der Waals surface area contributed by atoms with Gasteiger partial charge in [0.05, 0.1) is 13.7 Å². The standard InChI is InChI=1S/C19H27ClO3/c1-3-23-19(21)17(20)12-10-14-9-11-16(18(13-14)22-2)15-7-5-4-6-8-15/h9,11,13,15,17H,3-8,10,12H2,1-2H3. The second-order valence-electron chi connectivity index (χ2n) is 6.17. The molecule has 0 amide bonds. The van der Waals surface area contributed by atoms with Crippen molar-refractivity contribution in [2.45, 2.75) is 63.2 Å². The van der Waals surface area contributed by atoms with Gasteiger partial charge in [-0.1, -0.05) is 31.4 Å². The van der Waals surface area contributed by atoms with Gasteiger partial charge in [0, 0.05) is 0 Å². The minimum atomic E-state index is -0.584. The number of benzene rings is 1. The van der Waals surface area contributed by atoms with Crippen LogP contribution in [0.5, 0.6) is 5.75 Å².